The Balaban J connectivity index is 2.65. The van der Waals surface area contributed by atoms with Gasteiger partial charge in [0.25, 0.3) is 0 Å². The lowest BCUT2D eigenvalue weighted by molar-refractivity contribution is 0.616. The van der Waals surface area contributed by atoms with E-state index >= 15 is 0 Å². The molecule has 0 spiro atoms. The van der Waals surface area contributed by atoms with Crippen molar-refractivity contribution in [3.63, 3.8) is 0 Å². The topological polar surface area (TPSA) is 12.0 Å². The normalized spacial score (nSPS) is 12.5. The highest BCUT2D eigenvalue weighted by Crippen LogP contribution is 2.22. The molecule has 0 saturated heterocycles. The molecule has 0 aliphatic rings. The molecule has 1 N–H and O–H groups in total. The maximum absolute atomic E-state index is 6.06. The molecule has 0 amide bonds. The molecule has 14 heavy (non-hydrogen) atoms. The average Bonchev–Trinajstić information content (AvgIpc) is 2.15. The highest BCUT2D eigenvalue weighted by molar-refractivity contribution is 9.11. The summed E-state index contributed by atoms with van der Waals surface area (Å²) in [5.74, 6) is 0. The van der Waals surface area contributed by atoms with Crippen molar-refractivity contribution in [2.75, 3.05) is 6.54 Å². The second-order valence-electron chi connectivity index (χ2n) is 3.14. The van der Waals surface area contributed by atoms with Crippen LogP contribution in [-0.4, -0.2) is 6.54 Å². The monoisotopic (exact) mass is 273 g/mol. The van der Waals surface area contributed by atoms with E-state index in [0.717, 1.165) is 21.6 Å². The van der Waals surface area contributed by atoms with Crippen LogP contribution in [0.1, 0.15) is 18.5 Å². The molecule has 0 aliphatic heterocycles. The van der Waals surface area contributed by atoms with Crippen LogP contribution in [0.2, 0.25) is 5.02 Å². The Bertz CT molecular complexity index is 325. The molecule has 1 nitrogen and oxygen atoms in total. The Morgan fingerprint density at radius 2 is 2.21 bits per heavy atom. The molecule has 1 aromatic carbocycles. The first-order valence-electron chi connectivity index (χ1n) is 4.42. The molecule has 1 aromatic rings. The zero-order valence-electron chi connectivity index (χ0n) is 8.06. The van der Waals surface area contributed by atoms with Crippen LogP contribution in [0.4, 0.5) is 0 Å². The fourth-order valence-corrected chi connectivity index (χ4v) is 1.66. The van der Waals surface area contributed by atoms with E-state index in [2.05, 4.69) is 34.7 Å². The zero-order valence-corrected chi connectivity index (χ0v) is 10.4. The van der Waals surface area contributed by atoms with Crippen molar-refractivity contribution in [1.82, 2.24) is 5.32 Å². The maximum atomic E-state index is 6.06. The lowest BCUT2D eigenvalue weighted by Gasteiger charge is -2.14. The van der Waals surface area contributed by atoms with Gasteiger partial charge in [-0.15, -0.1) is 0 Å². The molecule has 3 heteroatoms. The van der Waals surface area contributed by atoms with Gasteiger partial charge in [-0.25, -0.2) is 0 Å². The average molecular weight is 275 g/mol. The molecule has 0 aliphatic carbocycles. The van der Waals surface area contributed by atoms with Crippen molar-refractivity contribution < 1.29 is 0 Å². The Morgan fingerprint density at radius 3 is 2.79 bits per heavy atom. The minimum Gasteiger partial charge on any atom is -0.306 e. The molecule has 0 fully saturated rings. The van der Waals surface area contributed by atoms with Crippen molar-refractivity contribution in [1.29, 1.82) is 0 Å². The van der Waals surface area contributed by atoms with Gasteiger partial charge in [-0.3, -0.25) is 0 Å². The largest absolute Gasteiger partial charge is 0.306 e. The molecule has 0 heterocycles. The van der Waals surface area contributed by atoms with E-state index in [0.29, 0.717) is 0 Å². The van der Waals surface area contributed by atoms with E-state index in [1.807, 2.05) is 24.3 Å². The summed E-state index contributed by atoms with van der Waals surface area (Å²) in [6.07, 6.45) is 0. The molecule has 0 unspecified atom stereocenters. The van der Waals surface area contributed by atoms with Crippen LogP contribution >= 0.6 is 27.5 Å². The van der Waals surface area contributed by atoms with Gasteiger partial charge in [0.1, 0.15) is 0 Å². The SMILES string of the molecule is C=C(Br)CN[C@H](C)c1ccccc1Cl. The van der Waals surface area contributed by atoms with Gasteiger partial charge < -0.3 is 5.32 Å². The number of nitrogens with one attached hydrogen (secondary N) is 1. The number of hydrogen-bond acceptors (Lipinski definition) is 1. The third kappa shape index (κ3) is 3.45. The van der Waals surface area contributed by atoms with Crippen LogP contribution in [0.5, 0.6) is 0 Å². The van der Waals surface area contributed by atoms with E-state index in [9.17, 15) is 0 Å². The molecule has 1 atom stereocenters. The third-order valence-electron chi connectivity index (χ3n) is 1.97. The van der Waals surface area contributed by atoms with Gasteiger partial charge in [-0.1, -0.05) is 52.3 Å². The van der Waals surface area contributed by atoms with Crippen molar-refractivity contribution >= 4 is 27.5 Å². The smallest absolute Gasteiger partial charge is 0.0453 e. The summed E-state index contributed by atoms with van der Waals surface area (Å²) in [4.78, 5) is 0. The Morgan fingerprint density at radius 1 is 1.57 bits per heavy atom. The maximum Gasteiger partial charge on any atom is 0.0453 e. The van der Waals surface area contributed by atoms with Crippen LogP contribution in [0, 0.1) is 0 Å². The molecule has 0 aromatic heterocycles. The Labute approximate surface area is 98.3 Å². The van der Waals surface area contributed by atoms with Gasteiger partial charge in [0.2, 0.25) is 0 Å². The predicted octanol–water partition coefficient (Wildman–Crippen LogP) is 3.90. The number of benzene rings is 1. The fraction of sp³-hybridized carbons (Fsp3) is 0.273. The molecule has 76 valence electrons. The highest BCUT2D eigenvalue weighted by atomic mass is 79.9. The first kappa shape index (κ1) is 11.8. The molecular weight excluding hydrogens is 261 g/mol. The lowest BCUT2D eigenvalue weighted by atomic mass is 10.1. The van der Waals surface area contributed by atoms with Crippen molar-refractivity contribution in [3.05, 3.63) is 45.9 Å². The van der Waals surface area contributed by atoms with E-state index in [1.54, 1.807) is 0 Å². The van der Waals surface area contributed by atoms with E-state index < -0.39 is 0 Å². The van der Waals surface area contributed by atoms with Crippen LogP contribution < -0.4 is 5.32 Å². The lowest BCUT2D eigenvalue weighted by Crippen LogP contribution is -2.19. The van der Waals surface area contributed by atoms with Crippen LogP contribution in [0.15, 0.2) is 35.3 Å². The molecule has 0 bridgehead atoms. The van der Waals surface area contributed by atoms with E-state index in [-0.39, 0.29) is 6.04 Å². The Kier molecular flexibility index (Phi) is 4.66. The summed E-state index contributed by atoms with van der Waals surface area (Å²) in [7, 11) is 0. The van der Waals surface area contributed by atoms with Crippen molar-refractivity contribution in [2.24, 2.45) is 0 Å². The van der Waals surface area contributed by atoms with Gasteiger partial charge in [0.15, 0.2) is 0 Å². The molecular formula is C11H13BrClN. The van der Waals surface area contributed by atoms with Gasteiger partial charge in [0, 0.05) is 22.1 Å². The quantitative estimate of drug-likeness (QED) is 0.878. The number of rotatable bonds is 4. The van der Waals surface area contributed by atoms with Gasteiger partial charge in [-0.2, -0.15) is 0 Å². The third-order valence-corrected chi connectivity index (χ3v) is 2.60. The minimum absolute atomic E-state index is 0.234. The minimum atomic E-state index is 0.234. The Hall–Kier alpha value is -0.310. The summed E-state index contributed by atoms with van der Waals surface area (Å²) >= 11 is 9.36. The summed E-state index contributed by atoms with van der Waals surface area (Å²) in [6, 6.07) is 8.08. The van der Waals surface area contributed by atoms with Crippen LogP contribution in [-0.2, 0) is 0 Å². The second kappa shape index (κ2) is 5.54. The van der Waals surface area contributed by atoms with Crippen LogP contribution in [0.3, 0.4) is 0 Å². The molecule has 0 saturated carbocycles. The summed E-state index contributed by atoms with van der Waals surface area (Å²) in [6.45, 7) is 6.59. The summed E-state index contributed by atoms with van der Waals surface area (Å²) in [5.41, 5.74) is 1.11. The second-order valence-corrected chi connectivity index (χ2v) is 4.67. The van der Waals surface area contributed by atoms with Crippen molar-refractivity contribution in [2.45, 2.75) is 13.0 Å². The fourth-order valence-electron chi connectivity index (χ4n) is 1.20. The first-order chi connectivity index (χ1) is 6.61. The predicted molar refractivity (Wildman–Crippen MR) is 65.9 cm³/mol. The van der Waals surface area contributed by atoms with Gasteiger partial charge in [0.05, 0.1) is 0 Å². The standard InChI is InChI=1S/C11H13BrClN/c1-8(12)7-14-9(2)10-5-3-4-6-11(10)13/h3-6,9,14H,1,7H2,2H3/t9-/m1/s1. The molecule has 0 radical (unpaired) electrons. The first-order valence-corrected chi connectivity index (χ1v) is 5.59. The number of hydrogen-bond donors (Lipinski definition) is 1. The summed E-state index contributed by atoms with van der Waals surface area (Å²) < 4.78 is 0.941. The number of halogens is 2. The van der Waals surface area contributed by atoms with Gasteiger partial charge in [-0.05, 0) is 18.6 Å². The zero-order chi connectivity index (χ0) is 10.6. The van der Waals surface area contributed by atoms with E-state index in [1.165, 1.54) is 0 Å². The summed E-state index contributed by atoms with van der Waals surface area (Å²) in [5, 5.41) is 4.11. The van der Waals surface area contributed by atoms with Crippen LogP contribution in [0.25, 0.3) is 0 Å². The van der Waals surface area contributed by atoms with E-state index in [4.69, 9.17) is 11.6 Å². The van der Waals surface area contributed by atoms with Gasteiger partial charge >= 0.3 is 0 Å². The molecule has 1 rings (SSSR count). The highest BCUT2D eigenvalue weighted by Gasteiger charge is 2.07. The van der Waals surface area contributed by atoms with Crippen molar-refractivity contribution in [3.8, 4) is 0 Å².